The van der Waals surface area contributed by atoms with Gasteiger partial charge < -0.3 is 10.0 Å². The molecule has 0 saturated heterocycles. The maximum absolute atomic E-state index is 8.73. The number of aliphatic hydroxyl groups excluding tert-OH is 1. The van der Waals surface area contributed by atoms with E-state index < -0.39 is 0 Å². The Hall–Kier alpha value is -0.550. The molecule has 0 radical (unpaired) electrons. The molecule has 10 heavy (non-hydrogen) atoms. The summed E-state index contributed by atoms with van der Waals surface area (Å²) in [6.07, 6.45) is -0.238. The zero-order valence-electron chi connectivity index (χ0n) is 5.69. The van der Waals surface area contributed by atoms with Crippen LogP contribution in [0.15, 0.2) is 10.2 Å². The van der Waals surface area contributed by atoms with Crippen LogP contribution in [0, 0.1) is 0 Å². The van der Waals surface area contributed by atoms with Crippen LogP contribution in [0.25, 0.3) is 0 Å². The summed E-state index contributed by atoms with van der Waals surface area (Å²) in [6, 6.07) is 0. The molecule has 0 amide bonds. The van der Waals surface area contributed by atoms with Gasteiger partial charge in [-0.15, -0.1) is 5.11 Å². The van der Waals surface area contributed by atoms with Gasteiger partial charge in [0, 0.05) is 6.54 Å². The highest BCUT2D eigenvalue weighted by Crippen LogP contribution is 2.11. The van der Waals surface area contributed by atoms with E-state index in [0.29, 0.717) is 5.11 Å². The summed E-state index contributed by atoms with van der Waals surface area (Å²) in [7, 11) is 0. The first kappa shape index (κ1) is 7.56. The van der Waals surface area contributed by atoms with Gasteiger partial charge in [0.2, 0.25) is 5.11 Å². The number of thiocarbonyl (C=S) groups is 1. The van der Waals surface area contributed by atoms with Crippen molar-refractivity contribution in [1.82, 2.24) is 4.90 Å². The van der Waals surface area contributed by atoms with Crippen LogP contribution < -0.4 is 0 Å². The second-order valence-corrected chi connectivity index (χ2v) is 2.31. The fraction of sp³-hybridized carbons (Fsp3) is 0.800. The van der Waals surface area contributed by atoms with Crippen LogP contribution in [-0.2, 0) is 0 Å². The minimum atomic E-state index is -0.238. The van der Waals surface area contributed by atoms with E-state index >= 15 is 0 Å². The molecule has 0 spiro atoms. The first-order valence-electron chi connectivity index (χ1n) is 3.12. The number of likely N-dealkylation sites (N-methyl/N-ethyl adjacent to an activating group) is 1. The van der Waals surface area contributed by atoms with E-state index in [1.165, 1.54) is 0 Å². The fourth-order valence-electron chi connectivity index (χ4n) is 0.844. The van der Waals surface area contributed by atoms with Gasteiger partial charge in [-0.05, 0) is 19.1 Å². The van der Waals surface area contributed by atoms with Crippen molar-refractivity contribution in [3.05, 3.63) is 0 Å². The Bertz CT molecular complexity index is 170. The monoisotopic (exact) mass is 159 g/mol. The molecule has 0 bridgehead atoms. The van der Waals surface area contributed by atoms with Crippen molar-refractivity contribution in [1.29, 1.82) is 0 Å². The van der Waals surface area contributed by atoms with E-state index in [9.17, 15) is 0 Å². The molecule has 4 nitrogen and oxygen atoms in total. The summed E-state index contributed by atoms with van der Waals surface area (Å²) in [5.74, 6) is 0. The molecule has 1 aliphatic rings. The molecule has 0 aliphatic carbocycles. The normalized spacial score (nSPS) is 24.4. The van der Waals surface area contributed by atoms with Gasteiger partial charge >= 0.3 is 0 Å². The van der Waals surface area contributed by atoms with Crippen molar-refractivity contribution in [3.63, 3.8) is 0 Å². The minimum absolute atomic E-state index is 0.0164. The Morgan fingerprint density at radius 3 is 2.90 bits per heavy atom. The van der Waals surface area contributed by atoms with Crippen LogP contribution in [-0.4, -0.2) is 34.4 Å². The van der Waals surface area contributed by atoms with Gasteiger partial charge in [0.15, 0.2) is 6.17 Å². The molecule has 0 aromatic carbocycles. The van der Waals surface area contributed by atoms with Crippen molar-refractivity contribution in [2.75, 3.05) is 13.2 Å². The largest absolute Gasteiger partial charge is 0.392 e. The van der Waals surface area contributed by atoms with Crippen LogP contribution in [0.5, 0.6) is 0 Å². The van der Waals surface area contributed by atoms with Crippen molar-refractivity contribution < 1.29 is 5.11 Å². The lowest BCUT2D eigenvalue weighted by atomic mass is 10.4. The highest BCUT2D eigenvalue weighted by molar-refractivity contribution is 7.80. The second kappa shape index (κ2) is 3.03. The lowest BCUT2D eigenvalue weighted by molar-refractivity contribution is 0.197. The topological polar surface area (TPSA) is 48.2 Å². The van der Waals surface area contributed by atoms with E-state index in [0.717, 1.165) is 6.54 Å². The van der Waals surface area contributed by atoms with E-state index in [2.05, 4.69) is 10.2 Å². The molecular weight excluding hydrogens is 150 g/mol. The maximum Gasteiger partial charge on any atom is 0.217 e. The quantitative estimate of drug-likeness (QED) is 0.592. The number of nitrogens with zero attached hydrogens (tertiary/aromatic N) is 3. The molecule has 1 unspecified atom stereocenters. The summed E-state index contributed by atoms with van der Waals surface area (Å²) in [5.41, 5.74) is 0. The molecule has 0 fully saturated rings. The van der Waals surface area contributed by atoms with E-state index in [1.807, 2.05) is 6.92 Å². The third kappa shape index (κ3) is 1.15. The molecule has 1 rings (SSSR count). The summed E-state index contributed by atoms with van der Waals surface area (Å²) >= 11 is 4.84. The second-order valence-electron chi connectivity index (χ2n) is 1.95. The standard InChI is InChI=1S/C5H9N3OS/c1-2-8-4(3-9)6-7-5(8)10/h4,9H,2-3H2,1H3. The van der Waals surface area contributed by atoms with Crippen molar-refractivity contribution >= 4 is 17.3 Å². The van der Waals surface area contributed by atoms with Crippen LogP contribution in [0.3, 0.4) is 0 Å². The van der Waals surface area contributed by atoms with Crippen LogP contribution >= 0.6 is 12.2 Å². The highest BCUT2D eigenvalue weighted by atomic mass is 32.1. The molecule has 56 valence electrons. The van der Waals surface area contributed by atoms with Gasteiger partial charge in [0.1, 0.15) is 0 Å². The summed E-state index contributed by atoms with van der Waals surface area (Å²) in [6.45, 7) is 2.68. The smallest absolute Gasteiger partial charge is 0.217 e. The Kier molecular flexibility index (Phi) is 2.29. The summed E-state index contributed by atoms with van der Waals surface area (Å²) in [5, 5.41) is 16.6. The Morgan fingerprint density at radius 2 is 2.50 bits per heavy atom. The number of azo groups is 1. The Balaban J connectivity index is 2.62. The van der Waals surface area contributed by atoms with E-state index in [-0.39, 0.29) is 12.8 Å². The maximum atomic E-state index is 8.73. The lowest BCUT2D eigenvalue weighted by Gasteiger charge is -2.18. The molecule has 0 aromatic heterocycles. The highest BCUT2D eigenvalue weighted by Gasteiger charge is 2.23. The number of hydrogen-bond acceptors (Lipinski definition) is 3. The molecule has 1 N–H and O–H groups in total. The molecule has 5 heteroatoms. The number of aliphatic hydroxyl groups is 1. The third-order valence-electron chi connectivity index (χ3n) is 1.39. The third-order valence-corrected chi connectivity index (χ3v) is 1.70. The molecule has 1 atom stereocenters. The zero-order chi connectivity index (χ0) is 7.56. The zero-order valence-corrected chi connectivity index (χ0v) is 6.51. The average molecular weight is 159 g/mol. The Morgan fingerprint density at radius 1 is 1.80 bits per heavy atom. The van der Waals surface area contributed by atoms with Crippen LogP contribution in [0.1, 0.15) is 6.92 Å². The lowest BCUT2D eigenvalue weighted by Crippen LogP contribution is -2.34. The van der Waals surface area contributed by atoms with Gasteiger partial charge in [0.25, 0.3) is 0 Å². The van der Waals surface area contributed by atoms with Gasteiger partial charge in [-0.1, -0.05) is 0 Å². The predicted octanol–water partition coefficient (Wildman–Crippen LogP) is 0.377. The first-order valence-corrected chi connectivity index (χ1v) is 3.52. The number of rotatable bonds is 2. The fourth-order valence-corrected chi connectivity index (χ4v) is 1.14. The minimum Gasteiger partial charge on any atom is -0.392 e. The van der Waals surface area contributed by atoms with E-state index in [4.69, 9.17) is 17.3 Å². The van der Waals surface area contributed by atoms with Gasteiger partial charge in [-0.2, -0.15) is 5.11 Å². The number of hydrogen-bond donors (Lipinski definition) is 1. The predicted molar refractivity (Wildman–Crippen MR) is 40.7 cm³/mol. The molecule has 0 saturated carbocycles. The van der Waals surface area contributed by atoms with Crippen LogP contribution in [0.4, 0.5) is 0 Å². The Labute approximate surface area is 64.6 Å². The van der Waals surface area contributed by atoms with E-state index in [1.54, 1.807) is 4.90 Å². The van der Waals surface area contributed by atoms with Gasteiger partial charge in [0.05, 0.1) is 6.61 Å². The van der Waals surface area contributed by atoms with Crippen molar-refractivity contribution in [2.24, 2.45) is 10.2 Å². The van der Waals surface area contributed by atoms with Crippen molar-refractivity contribution in [2.45, 2.75) is 13.1 Å². The molecule has 0 aromatic rings. The average Bonchev–Trinajstić information content (AvgIpc) is 2.30. The summed E-state index contributed by atoms with van der Waals surface area (Å²) in [4.78, 5) is 1.77. The van der Waals surface area contributed by atoms with Crippen molar-refractivity contribution in [3.8, 4) is 0 Å². The van der Waals surface area contributed by atoms with Crippen LogP contribution in [0.2, 0.25) is 0 Å². The summed E-state index contributed by atoms with van der Waals surface area (Å²) < 4.78 is 0. The molecule has 1 heterocycles. The first-order chi connectivity index (χ1) is 4.79. The molecule has 1 aliphatic heterocycles. The molecular formula is C5H9N3OS. The van der Waals surface area contributed by atoms with Gasteiger partial charge in [-0.25, -0.2) is 0 Å². The van der Waals surface area contributed by atoms with Gasteiger partial charge in [-0.3, -0.25) is 0 Å². The SMILES string of the molecule is CCN1C(=S)N=NC1CO.